The Balaban J connectivity index is 1.81. The number of carbonyl (C=O) groups excluding carboxylic acids is 1. The van der Waals surface area contributed by atoms with Crippen molar-refractivity contribution >= 4 is 27.3 Å². The van der Waals surface area contributed by atoms with Crippen molar-refractivity contribution in [2.45, 2.75) is 26.2 Å². The summed E-state index contributed by atoms with van der Waals surface area (Å²) in [6.45, 7) is 2.42. The molecule has 0 bridgehead atoms. The van der Waals surface area contributed by atoms with Gasteiger partial charge in [-0.1, -0.05) is 13.0 Å². The molecule has 2 aliphatic rings. The number of carbonyl (C=O) groups is 1. The maximum Gasteiger partial charge on any atom is 0.232 e. The lowest BCUT2D eigenvalue weighted by Crippen LogP contribution is -2.27. The van der Waals surface area contributed by atoms with E-state index in [9.17, 15) is 13.2 Å². The van der Waals surface area contributed by atoms with E-state index in [0.717, 1.165) is 24.8 Å². The fourth-order valence-corrected chi connectivity index (χ4v) is 3.79. The van der Waals surface area contributed by atoms with Crippen LogP contribution in [0.2, 0.25) is 0 Å². The third-order valence-electron chi connectivity index (χ3n) is 4.35. The number of nitrogens with zero attached hydrogens (tertiary/aromatic N) is 1. The molecule has 5 nitrogen and oxygen atoms in total. The molecular weight excluding hydrogens is 288 g/mol. The zero-order valence-corrected chi connectivity index (χ0v) is 13.1. The molecule has 1 aliphatic heterocycles. The van der Waals surface area contributed by atoms with Gasteiger partial charge in [-0.3, -0.25) is 9.10 Å². The van der Waals surface area contributed by atoms with E-state index in [1.54, 1.807) is 6.07 Å². The first-order valence-electron chi connectivity index (χ1n) is 7.28. The highest BCUT2D eigenvalue weighted by molar-refractivity contribution is 7.92. The molecule has 1 unspecified atom stereocenters. The number of anilines is 2. The Morgan fingerprint density at radius 1 is 1.38 bits per heavy atom. The monoisotopic (exact) mass is 308 g/mol. The van der Waals surface area contributed by atoms with E-state index in [1.807, 2.05) is 19.1 Å². The standard InChI is InChI=1S/C15H20N2O3S/c1-10(11-3-4-11)15(18)16-13-6-5-12-7-8-17(14(12)9-13)21(2,19)20/h5-6,9-11H,3-4,7-8H2,1-2H3,(H,16,18). The van der Waals surface area contributed by atoms with Crippen molar-refractivity contribution in [3.05, 3.63) is 23.8 Å². The van der Waals surface area contributed by atoms with Gasteiger partial charge < -0.3 is 5.32 Å². The summed E-state index contributed by atoms with van der Waals surface area (Å²) >= 11 is 0. The van der Waals surface area contributed by atoms with Gasteiger partial charge in [0.25, 0.3) is 0 Å². The third-order valence-corrected chi connectivity index (χ3v) is 5.53. The van der Waals surface area contributed by atoms with E-state index in [0.29, 0.717) is 23.8 Å². The Morgan fingerprint density at radius 3 is 2.71 bits per heavy atom. The minimum absolute atomic E-state index is 0.0151. The molecule has 6 heteroatoms. The molecule has 3 rings (SSSR count). The topological polar surface area (TPSA) is 66.5 Å². The number of fused-ring (bicyclic) bond motifs is 1. The second kappa shape index (κ2) is 5.02. The number of hydrogen-bond donors (Lipinski definition) is 1. The van der Waals surface area contributed by atoms with Crippen LogP contribution in [-0.4, -0.2) is 27.1 Å². The number of sulfonamides is 1. The summed E-state index contributed by atoms with van der Waals surface area (Å²) in [7, 11) is -3.26. The minimum atomic E-state index is -3.26. The maximum atomic E-state index is 12.1. The second-order valence-corrected chi connectivity index (χ2v) is 7.95. The summed E-state index contributed by atoms with van der Waals surface area (Å²) in [5.41, 5.74) is 2.37. The maximum absolute atomic E-state index is 12.1. The molecule has 1 amide bonds. The Morgan fingerprint density at radius 2 is 2.10 bits per heavy atom. The van der Waals surface area contributed by atoms with Gasteiger partial charge in [0.2, 0.25) is 15.9 Å². The van der Waals surface area contributed by atoms with E-state index in [4.69, 9.17) is 0 Å². The number of rotatable bonds is 4. The predicted molar refractivity (Wildman–Crippen MR) is 82.9 cm³/mol. The zero-order valence-electron chi connectivity index (χ0n) is 12.3. The Kier molecular flexibility index (Phi) is 3.43. The molecule has 1 aromatic rings. The third kappa shape index (κ3) is 2.90. The number of amides is 1. The molecular formula is C15H20N2O3S. The Bertz CT molecular complexity index is 680. The lowest BCUT2D eigenvalue weighted by atomic mass is 10.1. The van der Waals surface area contributed by atoms with Crippen molar-refractivity contribution in [3.8, 4) is 0 Å². The van der Waals surface area contributed by atoms with Crippen molar-refractivity contribution < 1.29 is 13.2 Å². The summed E-state index contributed by atoms with van der Waals surface area (Å²) < 4.78 is 25.0. The van der Waals surface area contributed by atoms with Crippen LogP contribution in [0.25, 0.3) is 0 Å². The molecule has 1 saturated carbocycles. The van der Waals surface area contributed by atoms with Crippen LogP contribution >= 0.6 is 0 Å². The van der Waals surface area contributed by atoms with Crippen molar-refractivity contribution in [3.63, 3.8) is 0 Å². The average molecular weight is 308 g/mol. The van der Waals surface area contributed by atoms with Gasteiger partial charge in [-0.2, -0.15) is 0 Å². The van der Waals surface area contributed by atoms with Gasteiger partial charge in [-0.15, -0.1) is 0 Å². The van der Waals surface area contributed by atoms with E-state index < -0.39 is 10.0 Å². The highest BCUT2D eigenvalue weighted by Crippen LogP contribution is 2.37. The number of hydrogen-bond acceptors (Lipinski definition) is 3. The van der Waals surface area contributed by atoms with Gasteiger partial charge >= 0.3 is 0 Å². The first kappa shape index (κ1) is 14.4. The van der Waals surface area contributed by atoms with Crippen LogP contribution in [0.15, 0.2) is 18.2 Å². The van der Waals surface area contributed by atoms with Gasteiger partial charge in [-0.25, -0.2) is 8.42 Å². The molecule has 114 valence electrons. The first-order chi connectivity index (χ1) is 9.86. The second-order valence-electron chi connectivity index (χ2n) is 6.04. The van der Waals surface area contributed by atoms with Gasteiger partial charge in [0.1, 0.15) is 0 Å². The summed E-state index contributed by atoms with van der Waals surface area (Å²) in [6, 6.07) is 5.51. The molecule has 1 atom stereocenters. The van der Waals surface area contributed by atoms with Crippen LogP contribution in [0.1, 0.15) is 25.3 Å². The van der Waals surface area contributed by atoms with Crippen LogP contribution in [0.3, 0.4) is 0 Å². The van der Waals surface area contributed by atoms with Crippen molar-refractivity contribution in [2.75, 3.05) is 22.4 Å². The fourth-order valence-electron chi connectivity index (χ4n) is 2.84. The van der Waals surface area contributed by atoms with Gasteiger partial charge in [0.05, 0.1) is 11.9 Å². The molecule has 1 aliphatic carbocycles. The SMILES string of the molecule is CC(C(=O)Nc1ccc2c(c1)N(S(C)(=O)=O)CC2)C1CC1. The lowest BCUT2D eigenvalue weighted by Gasteiger charge is -2.18. The van der Waals surface area contributed by atoms with E-state index in [2.05, 4.69) is 5.32 Å². The van der Waals surface area contributed by atoms with E-state index >= 15 is 0 Å². The summed E-state index contributed by atoms with van der Waals surface area (Å²) in [6.07, 6.45) is 4.18. The highest BCUT2D eigenvalue weighted by Gasteiger charge is 2.33. The minimum Gasteiger partial charge on any atom is -0.326 e. The molecule has 21 heavy (non-hydrogen) atoms. The molecule has 0 aromatic heterocycles. The largest absolute Gasteiger partial charge is 0.326 e. The fraction of sp³-hybridized carbons (Fsp3) is 0.533. The summed E-state index contributed by atoms with van der Waals surface area (Å²) in [4.78, 5) is 12.1. The summed E-state index contributed by atoms with van der Waals surface area (Å²) in [5, 5.41) is 2.90. The quantitative estimate of drug-likeness (QED) is 0.925. The number of benzene rings is 1. The van der Waals surface area contributed by atoms with Crippen LogP contribution in [0, 0.1) is 11.8 Å². The highest BCUT2D eigenvalue weighted by atomic mass is 32.2. The lowest BCUT2D eigenvalue weighted by molar-refractivity contribution is -0.119. The van der Waals surface area contributed by atoms with Gasteiger partial charge in [-0.05, 0) is 42.9 Å². The average Bonchev–Trinajstić information content (AvgIpc) is 3.16. The smallest absolute Gasteiger partial charge is 0.232 e. The normalized spacial score (nSPS) is 19.2. The van der Waals surface area contributed by atoms with E-state index in [-0.39, 0.29) is 11.8 Å². The van der Waals surface area contributed by atoms with Crippen molar-refractivity contribution in [2.24, 2.45) is 11.8 Å². The Labute approximate surface area is 125 Å². The van der Waals surface area contributed by atoms with E-state index in [1.165, 1.54) is 10.6 Å². The van der Waals surface area contributed by atoms with Crippen LogP contribution < -0.4 is 9.62 Å². The molecule has 1 N–H and O–H groups in total. The predicted octanol–water partition coefficient (Wildman–Crippen LogP) is 1.99. The molecule has 0 radical (unpaired) electrons. The van der Waals surface area contributed by atoms with Crippen molar-refractivity contribution in [1.29, 1.82) is 0 Å². The van der Waals surface area contributed by atoms with Gasteiger partial charge in [0.15, 0.2) is 0 Å². The number of nitrogens with one attached hydrogen (secondary N) is 1. The Hall–Kier alpha value is -1.56. The van der Waals surface area contributed by atoms with Crippen molar-refractivity contribution in [1.82, 2.24) is 0 Å². The van der Waals surface area contributed by atoms with Crippen LogP contribution in [-0.2, 0) is 21.2 Å². The molecule has 1 heterocycles. The molecule has 0 spiro atoms. The summed E-state index contributed by atoms with van der Waals surface area (Å²) in [5.74, 6) is 0.539. The van der Waals surface area contributed by atoms with Gasteiger partial charge in [0, 0.05) is 18.2 Å². The molecule has 1 fully saturated rings. The first-order valence-corrected chi connectivity index (χ1v) is 9.12. The molecule has 0 saturated heterocycles. The zero-order chi connectivity index (χ0) is 15.2. The molecule has 1 aromatic carbocycles. The van der Waals surface area contributed by atoms with Crippen LogP contribution in [0.4, 0.5) is 11.4 Å². The van der Waals surface area contributed by atoms with Crippen LogP contribution in [0.5, 0.6) is 0 Å².